The molecule has 0 aliphatic heterocycles. The van der Waals surface area contributed by atoms with Crippen molar-refractivity contribution in [2.75, 3.05) is 7.11 Å². The van der Waals surface area contributed by atoms with Gasteiger partial charge in [-0.3, -0.25) is 0 Å². The van der Waals surface area contributed by atoms with E-state index < -0.39 is 0 Å². The van der Waals surface area contributed by atoms with Gasteiger partial charge in [-0.2, -0.15) is 10.2 Å². The smallest absolute Gasteiger partial charge is 0.0638 e. The molecule has 1 heterocycles. The van der Waals surface area contributed by atoms with Crippen molar-refractivity contribution < 1.29 is 4.74 Å². The molecule has 6 rings (SSSR count). The van der Waals surface area contributed by atoms with Crippen LogP contribution in [0.4, 0.5) is 0 Å². The highest BCUT2D eigenvalue weighted by Crippen LogP contribution is 2.82. The second kappa shape index (κ2) is 6.89. The number of nitrogens with zero attached hydrogens (tertiary/aromatic N) is 2. The Hall–Kier alpha value is -1.22. The Morgan fingerprint density at radius 2 is 1.97 bits per heavy atom. The second-order valence-corrected chi connectivity index (χ2v) is 12.4. The van der Waals surface area contributed by atoms with Crippen molar-refractivity contribution in [2.24, 2.45) is 51.8 Å². The van der Waals surface area contributed by atoms with Crippen LogP contribution < -0.4 is 0 Å². The van der Waals surface area contributed by atoms with Gasteiger partial charge in [0, 0.05) is 12.5 Å². The Labute approximate surface area is 188 Å². The average molecular weight is 421 g/mol. The minimum Gasteiger partial charge on any atom is -0.381 e. The largest absolute Gasteiger partial charge is 0.381 e. The van der Waals surface area contributed by atoms with Crippen molar-refractivity contribution in [3.8, 4) is 0 Å². The SMILES string of the molecule is CO[C@@H]1C[C@H]2[C@@H]3CC[C@H]([C@H](C)/C=C/c4ccnnc4)[C@@]3(C)CC[C@@H]2[C@@]2(C)CC[C@@H]3CC312. The van der Waals surface area contributed by atoms with E-state index >= 15 is 0 Å². The number of fused-ring (bicyclic) bond motifs is 4. The van der Waals surface area contributed by atoms with Gasteiger partial charge in [-0.15, -0.1) is 0 Å². The fourth-order valence-corrected chi connectivity index (χ4v) is 10.3. The molecule has 0 aromatic carbocycles. The van der Waals surface area contributed by atoms with E-state index in [0.717, 1.165) is 29.6 Å². The molecular formula is C28H40N2O. The van der Waals surface area contributed by atoms with Gasteiger partial charge >= 0.3 is 0 Å². The summed E-state index contributed by atoms with van der Waals surface area (Å²) < 4.78 is 6.29. The minimum atomic E-state index is 0.488. The van der Waals surface area contributed by atoms with E-state index in [1.54, 1.807) is 6.20 Å². The lowest BCUT2D eigenvalue weighted by Gasteiger charge is -2.61. The summed E-state index contributed by atoms with van der Waals surface area (Å²) >= 11 is 0. The Kier molecular flexibility index (Phi) is 4.53. The van der Waals surface area contributed by atoms with Crippen molar-refractivity contribution in [1.29, 1.82) is 0 Å². The van der Waals surface area contributed by atoms with Crippen molar-refractivity contribution in [3.63, 3.8) is 0 Å². The Morgan fingerprint density at radius 1 is 1.10 bits per heavy atom. The highest BCUT2D eigenvalue weighted by atomic mass is 16.5. The zero-order valence-corrected chi connectivity index (χ0v) is 19.9. The lowest BCUT2D eigenvalue weighted by atomic mass is 9.45. The van der Waals surface area contributed by atoms with E-state index in [1.807, 2.05) is 13.3 Å². The summed E-state index contributed by atoms with van der Waals surface area (Å²) in [5, 5.41) is 7.94. The first-order chi connectivity index (χ1) is 14.9. The third-order valence-electron chi connectivity index (χ3n) is 11.7. The monoisotopic (exact) mass is 420 g/mol. The minimum absolute atomic E-state index is 0.488. The molecule has 3 nitrogen and oxygen atoms in total. The van der Waals surface area contributed by atoms with E-state index in [9.17, 15) is 0 Å². The zero-order chi connectivity index (χ0) is 21.4. The van der Waals surface area contributed by atoms with Crippen molar-refractivity contribution in [1.82, 2.24) is 10.2 Å². The van der Waals surface area contributed by atoms with Gasteiger partial charge < -0.3 is 4.74 Å². The number of rotatable bonds is 4. The van der Waals surface area contributed by atoms with E-state index in [4.69, 9.17) is 4.74 Å². The molecule has 1 unspecified atom stereocenters. The molecular weight excluding hydrogens is 380 g/mol. The zero-order valence-electron chi connectivity index (χ0n) is 19.9. The summed E-state index contributed by atoms with van der Waals surface area (Å²) in [7, 11) is 2.01. The Morgan fingerprint density at radius 3 is 2.71 bits per heavy atom. The molecule has 10 atom stereocenters. The maximum Gasteiger partial charge on any atom is 0.0638 e. The predicted octanol–water partition coefficient (Wildman–Crippen LogP) is 6.41. The normalized spacial score (nSPS) is 51.1. The van der Waals surface area contributed by atoms with Gasteiger partial charge in [0.2, 0.25) is 0 Å². The molecule has 5 saturated carbocycles. The van der Waals surface area contributed by atoms with Crippen LogP contribution in [0.2, 0.25) is 0 Å². The predicted molar refractivity (Wildman–Crippen MR) is 124 cm³/mol. The third-order valence-corrected chi connectivity index (χ3v) is 11.7. The lowest BCUT2D eigenvalue weighted by molar-refractivity contribution is -0.160. The van der Waals surface area contributed by atoms with E-state index in [1.165, 1.54) is 56.9 Å². The molecule has 5 fully saturated rings. The van der Waals surface area contributed by atoms with Gasteiger partial charge in [0.05, 0.1) is 18.5 Å². The van der Waals surface area contributed by atoms with Crippen molar-refractivity contribution >= 4 is 6.08 Å². The van der Waals surface area contributed by atoms with Gasteiger partial charge in [-0.05, 0) is 109 Å². The van der Waals surface area contributed by atoms with Gasteiger partial charge in [0.15, 0.2) is 0 Å². The van der Waals surface area contributed by atoms with Crippen LogP contribution in [-0.2, 0) is 4.74 Å². The maximum absolute atomic E-state index is 6.29. The molecule has 0 bridgehead atoms. The molecule has 0 amide bonds. The molecule has 1 spiro atoms. The maximum atomic E-state index is 6.29. The molecule has 0 N–H and O–H groups in total. The first-order valence-electron chi connectivity index (χ1n) is 12.9. The van der Waals surface area contributed by atoms with Gasteiger partial charge in [-0.1, -0.05) is 32.9 Å². The Bertz CT molecular complexity index is 869. The molecule has 1 aromatic heterocycles. The molecule has 31 heavy (non-hydrogen) atoms. The number of methoxy groups -OCH3 is 1. The van der Waals surface area contributed by atoms with Gasteiger partial charge in [0.1, 0.15) is 0 Å². The summed E-state index contributed by atoms with van der Waals surface area (Å²) in [5.41, 5.74) is 2.74. The number of aromatic nitrogens is 2. The van der Waals surface area contributed by atoms with Crippen LogP contribution in [0.3, 0.4) is 0 Å². The molecule has 5 aliphatic rings. The van der Waals surface area contributed by atoms with Crippen LogP contribution in [0.15, 0.2) is 24.5 Å². The summed E-state index contributed by atoms with van der Waals surface area (Å²) in [6.45, 7) is 7.80. The van der Waals surface area contributed by atoms with Crippen molar-refractivity contribution in [2.45, 2.75) is 78.2 Å². The van der Waals surface area contributed by atoms with Crippen molar-refractivity contribution in [3.05, 3.63) is 30.1 Å². The summed E-state index contributed by atoms with van der Waals surface area (Å²) in [4.78, 5) is 0. The molecule has 3 heteroatoms. The van der Waals surface area contributed by atoms with Gasteiger partial charge in [0.25, 0.3) is 0 Å². The molecule has 0 saturated heterocycles. The van der Waals surface area contributed by atoms with Crippen LogP contribution in [-0.4, -0.2) is 23.4 Å². The molecule has 1 aromatic rings. The topological polar surface area (TPSA) is 35.0 Å². The lowest BCUT2D eigenvalue weighted by Crippen LogP contribution is -2.57. The number of hydrogen-bond donors (Lipinski definition) is 0. The third kappa shape index (κ3) is 2.62. The highest BCUT2D eigenvalue weighted by Gasteiger charge is 2.77. The first kappa shape index (κ1) is 20.4. The Balaban J connectivity index is 1.26. The highest BCUT2D eigenvalue weighted by molar-refractivity contribution is 5.47. The summed E-state index contributed by atoms with van der Waals surface area (Å²) in [5.74, 6) is 5.09. The fourth-order valence-electron chi connectivity index (χ4n) is 10.3. The quantitative estimate of drug-likeness (QED) is 0.564. The van der Waals surface area contributed by atoms with Crippen LogP contribution >= 0.6 is 0 Å². The second-order valence-electron chi connectivity index (χ2n) is 12.4. The molecule has 0 radical (unpaired) electrons. The van der Waals surface area contributed by atoms with E-state index in [2.05, 4.69) is 49.2 Å². The van der Waals surface area contributed by atoms with E-state index in [-0.39, 0.29) is 0 Å². The standard InChI is InChI=1S/C28H40N2O/c1-18(5-6-19-11-14-29-30-17-19)22-7-8-23-21-15-25(31-4)28-16-20(28)9-13-27(28,3)24(21)10-12-26(22,23)2/h5-6,11,14,17-18,20-25H,7-10,12-13,15-16H2,1-4H3/b6-5+/t18-,20-,21+,22-,23+,24+,25-,26-,27-,28?/m1/s1. The van der Waals surface area contributed by atoms with E-state index in [0.29, 0.717) is 28.3 Å². The van der Waals surface area contributed by atoms with Crippen LogP contribution in [0.5, 0.6) is 0 Å². The van der Waals surface area contributed by atoms with Crippen LogP contribution in [0, 0.1) is 51.8 Å². The fraction of sp³-hybridized carbons (Fsp3) is 0.786. The van der Waals surface area contributed by atoms with Crippen LogP contribution in [0.1, 0.15) is 77.7 Å². The van der Waals surface area contributed by atoms with Gasteiger partial charge in [-0.25, -0.2) is 0 Å². The number of allylic oxidation sites excluding steroid dienone is 1. The molecule has 5 aliphatic carbocycles. The number of ether oxygens (including phenoxy) is 1. The first-order valence-corrected chi connectivity index (χ1v) is 12.9. The summed E-state index contributed by atoms with van der Waals surface area (Å²) in [6, 6.07) is 2.05. The number of hydrogen-bond acceptors (Lipinski definition) is 3. The summed E-state index contributed by atoms with van der Waals surface area (Å²) in [6.07, 6.45) is 20.3. The van der Waals surface area contributed by atoms with Crippen LogP contribution in [0.25, 0.3) is 6.08 Å². The molecule has 168 valence electrons. The average Bonchev–Trinajstić information content (AvgIpc) is 3.29.